The first-order valence-corrected chi connectivity index (χ1v) is 10.3. The van der Waals surface area contributed by atoms with Gasteiger partial charge in [0, 0.05) is 28.9 Å². The zero-order chi connectivity index (χ0) is 21.6. The molecule has 0 spiro atoms. The first-order valence-electron chi connectivity index (χ1n) is 9.05. The van der Waals surface area contributed by atoms with E-state index >= 15 is 0 Å². The van der Waals surface area contributed by atoms with Crippen LogP contribution in [-0.4, -0.2) is 43.2 Å². The number of thiazole rings is 1. The van der Waals surface area contributed by atoms with Gasteiger partial charge in [0.2, 0.25) is 0 Å². The van der Waals surface area contributed by atoms with Crippen LogP contribution in [0.15, 0.2) is 60.4 Å². The molecular weight excluding hydrogens is 440 g/mol. The number of ether oxygens (including phenoxy) is 1. The maximum atomic E-state index is 12.3. The van der Waals surface area contributed by atoms with Crippen molar-refractivity contribution in [1.82, 2.24) is 24.7 Å². The molecule has 0 saturated carbocycles. The minimum atomic E-state index is -0.710. The molecule has 0 fully saturated rings. The van der Waals surface area contributed by atoms with Crippen LogP contribution in [0.2, 0.25) is 5.02 Å². The Hall–Kier alpha value is -3.63. The van der Waals surface area contributed by atoms with Gasteiger partial charge in [-0.1, -0.05) is 29.8 Å². The van der Waals surface area contributed by atoms with Crippen LogP contribution in [0.3, 0.4) is 0 Å². The minimum Gasteiger partial charge on any atom is -0.451 e. The van der Waals surface area contributed by atoms with Crippen LogP contribution in [0.5, 0.6) is 0 Å². The molecule has 0 aliphatic heterocycles. The summed E-state index contributed by atoms with van der Waals surface area (Å²) < 4.78 is 6.66. The largest absolute Gasteiger partial charge is 0.451 e. The van der Waals surface area contributed by atoms with Gasteiger partial charge in [0.05, 0.1) is 12.7 Å². The molecule has 0 atom stereocenters. The van der Waals surface area contributed by atoms with Crippen LogP contribution < -0.4 is 5.32 Å². The van der Waals surface area contributed by atoms with Crippen molar-refractivity contribution in [1.29, 1.82) is 0 Å². The fourth-order valence-electron chi connectivity index (χ4n) is 2.62. The van der Waals surface area contributed by atoms with Crippen molar-refractivity contribution < 1.29 is 14.3 Å². The minimum absolute atomic E-state index is 0.0871. The number of hydrogen-bond acceptors (Lipinski definition) is 8. The number of esters is 1. The molecule has 0 aliphatic carbocycles. The van der Waals surface area contributed by atoms with E-state index in [0.29, 0.717) is 28.2 Å². The molecule has 3 aromatic heterocycles. The lowest BCUT2D eigenvalue weighted by Crippen LogP contribution is -2.23. The van der Waals surface area contributed by atoms with Crippen molar-refractivity contribution in [2.75, 3.05) is 11.9 Å². The molecule has 9 nitrogen and oxygen atoms in total. The maximum absolute atomic E-state index is 12.3. The highest BCUT2D eigenvalue weighted by Crippen LogP contribution is 2.20. The Labute approximate surface area is 185 Å². The molecule has 0 radical (unpaired) electrons. The molecule has 31 heavy (non-hydrogen) atoms. The number of nitrogens with one attached hydrogen (secondary N) is 1. The zero-order valence-corrected chi connectivity index (χ0v) is 17.5. The number of carbonyl (C=O) groups is 2. The lowest BCUT2D eigenvalue weighted by atomic mass is 10.2. The third-order valence-corrected chi connectivity index (χ3v) is 5.27. The molecule has 0 aliphatic rings. The average Bonchev–Trinajstić information content (AvgIpc) is 3.44. The van der Waals surface area contributed by atoms with Crippen molar-refractivity contribution in [3.05, 3.63) is 76.6 Å². The predicted molar refractivity (Wildman–Crippen MR) is 115 cm³/mol. The molecule has 1 N–H and O–H groups in total. The molecule has 0 saturated heterocycles. The van der Waals surface area contributed by atoms with Crippen LogP contribution in [0.25, 0.3) is 10.8 Å². The van der Waals surface area contributed by atoms with Gasteiger partial charge in [-0.05, 0) is 17.7 Å². The van der Waals surface area contributed by atoms with E-state index in [-0.39, 0.29) is 5.69 Å². The number of anilines is 1. The smallest absolute Gasteiger partial charge is 0.358 e. The van der Waals surface area contributed by atoms with Gasteiger partial charge in [0.1, 0.15) is 5.82 Å². The monoisotopic (exact) mass is 454 g/mol. The van der Waals surface area contributed by atoms with Crippen LogP contribution >= 0.6 is 22.9 Å². The Balaban J connectivity index is 1.33. The van der Waals surface area contributed by atoms with E-state index in [9.17, 15) is 9.59 Å². The van der Waals surface area contributed by atoms with Gasteiger partial charge in [0.15, 0.2) is 23.1 Å². The number of benzene rings is 1. The number of carbonyl (C=O) groups excluding carboxylic acids is 2. The Kier molecular flexibility index (Phi) is 6.29. The summed E-state index contributed by atoms with van der Waals surface area (Å²) >= 11 is 7.40. The summed E-state index contributed by atoms with van der Waals surface area (Å²) in [7, 11) is 0. The molecule has 11 heteroatoms. The molecule has 1 aromatic carbocycles. The van der Waals surface area contributed by atoms with Crippen LogP contribution in [0, 0.1) is 0 Å². The van der Waals surface area contributed by atoms with Gasteiger partial charge in [-0.2, -0.15) is 5.10 Å². The van der Waals surface area contributed by atoms with Gasteiger partial charge in [-0.15, -0.1) is 11.3 Å². The third-order valence-electron chi connectivity index (χ3n) is 4.07. The highest BCUT2D eigenvalue weighted by molar-refractivity contribution is 7.13. The van der Waals surface area contributed by atoms with Crippen LogP contribution in [0.1, 0.15) is 16.1 Å². The topological polar surface area (TPSA) is 112 Å². The number of hydrogen-bond donors (Lipinski definition) is 1. The Morgan fingerprint density at radius 1 is 1.10 bits per heavy atom. The molecule has 1 amide bonds. The summed E-state index contributed by atoms with van der Waals surface area (Å²) in [5, 5.41) is 9.49. The molecule has 4 aromatic rings. The van der Waals surface area contributed by atoms with Gasteiger partial charge >= 0.3 is 5.97 Å². The summed E-state index contributed by atoms with van der Waals surface area (Å²) in [6, 6.07) is 10.7. The average molecular weight is 455 g/mol. The Morgan fingerprint density at radius 2 is 1.90 bits per heavy atom. The second kappa shape index (κ2) is 9.45. The van der Waals surface area contributed by atoms with Gasteiger partial charge < -0.3 is 10.1 Å². The number of aromatic nitrogens is 5. The summed E-state index contributed by atoms with van der Waals surface area (Å²) in [5.74, 6) is -0.344. The number of amides is 1. The first-order chi connectivity index (χ1) is 15.1. The fourth-order valence-corrected chi connectivity index (χ4v) is 3.55. The predicted octanol–water partition coefficient (Wildman–Crippen LogP) is 3.29. The van der Waals surface area contributed by atoms with E-state index in [0.717, 1.165) is 5.56 Å². The van der Waals surface area contributed by atoms with Crippen molar-refractivity contribution in [2.24, 2.45) is 0 Å². The quantitative estimate of drug-likeness (QED) is 0.426. The number of halogens is 1. The molecule has 3 heterocycles. The van der Waals surface area contributed by atoms with E-state index in [4.69, 9.17) is 16.3 Å². The summed E-state index contributed by atoms with van der Waals surface area (Å²) in [6.45, 7) is -0.0873. The lowest BCUT2D eigenvalue weighted by Gasteiger charge is -2.10. The van der Waals surface area contributed by atoms with E-state index in [1.54, 1.807) is 41.5 Å². The van der Waals surface area contributed by atoms with E-state index in [1.165, 1.54) is 16.7 Å². The van der Waals surface area contributed by atoms with Crippen molar-refractivity contribution in [3.8, 4) is 10.8 Å². The highest BCUT2D eigenvalue weighted by Gasteiger charge is 2.17. The van der Waals surface area contributed by atoms with Crippen molar-refractivity contribution in [3.63, 3.8) is 0 Å². The molecule has 4 rings (SSSR count). The zero-order valence-electron chi connectivity index (χ0n) is 15.9. The van der Waals surface area contributed by atoms with E-state index < -0.39 is 18.5 Å². The first kappa shape index (κ1) is 20.6. The Morgan fingerprint density at radius 3 is 2.71 bits per heavy atom. The third kappa shape index (κ3) is 5.11. The van der Waals surface area contributed by atoms with Crippen LogP contribution in [-0.2, 0) is 16.1 Å². The van der Waals surface area contributed by atoms with Crippen molar-refractivity contribution in [2.45, 2.75) is 6.54 Å². The molecule has 0 unspecified atom stereocenters. The summed E-state index contributed by atoms with van der Waals surface area (Å²) in [4.78, 5) is 36.8. The van der Waals surface area contributed by atoms with Crippen molar-refractivity contribution >= 4 is 40.6 Å². The number of nitrogens with zero attached hydrogens (tertiary/aromatic N) is 5. The molecule has 0 bridgehead atoms. The van der Waals surface area contributed by atoms with E-state index in [2.05, 4.69) is 25.4 Å². The second-order valence-corrected chi connectivity index (χ2v) is 7.47. The SMILES string of the molecule is O=C(COC(=O)c1csc(-c2ncccn2)n1)Nc1ccnn1Cc1ccccc1Cl. The maximum Gasteiger partial charge on any atom is 0.358 e. The van der Waals surface area contributed by atoms with E-state index in [1.807, 2.05) is 18.2 Å². The standard InChI is InChI=1S/C20H15ClN6O3S/c21-14-5-2-1-4-13(14)10-27-16(6-9-24-27)26-17(28)11-30-20(29)15-12-31-19(25-15)18-22-7-3-8-23-18/h1-9,12H,10-11H2,(H,26,28). The fraction of sp³-hybridized carbons (Fsp3) is 0.100. The van der Waals surface area contributed by atoms with Gasteiger partial charge in [-0.25, -0.2) is 24.4 Å². The summed E-state index contributed by atoms with van der Waals surface area (Å²) in [6.07, 6.45) is 4.73. The van der Waals surface area contributed by atoms with Gasteiger partial charge in [-0.3, -0.25) is 4.79 Å². The Bertz CT molecular complexity index is 1210. The lowest BCUT2D eigenvalue weighted by molar-refractivity contribution is -0.119. The number of rotatable bonds is 7. The second-order valence-electron chi connectivity index (χ2n) is 6.20. The van der Waals surface area contributed by atoms with Crippen LogP contribution in [0.4, 0.5) is 5.82 Å². The highest BCUT2D eigenvalue weighted by atomic mass is 35.5. The molecule has 156 valence electrons. The van der Waals surface area contributed by atoms with Gasteiger partial charge in [0.25, 0.3) is 5.91 Å². The summed E-state index contributed by atoms with van der Waals surface area (Å²) in [5.41, 5.74) is 0.945. The molecular formula is C20H15ClN6O3S. The normalized spacial score (nSPS) is 10.6.